The molecule has 4 nitrogen and oxygen atoms in total. The van der Waals surface area contributed by atoms with Crippen LogP contribution in [0.5, 0.6) is 5.75 Å². The molecule has 0 bridgehead atoms. The van der Waals surface area contributed by atoms with Gasteiger partial charge in [0.2, 0.25) is 0 Å². The van der Waals surface area contributed by atoms with Crippen LogP contribution in [0, 0.1) is 17.6 Å². The number of thioether (sulfide) groups is 1. The molecule has 3 rings (SSSR count). The Morgan fingerprint density at radius 2 is 1.81 bits per heavy atom. The molecule has 9 heteroatoms. The van der Waals surface area contributed by atoms with E-state index < -0.39 is 32.6 Å². The second-order valence-electron chi connectivity index (χ2n) is 6.06. The molecular weight excluding hydrogens is 418 g/mol. The number of ether oxygens (including phenoxy) is 1. The summed E-state index contributed by atoms with van der Waals surface area (Å²) in [4.78, 5) is -0.0226. The fraction of sp³-hybridized carbons (Fsp3) is 0.333. The third-order valence-electron chi connectivity index (χ3n) is 4.29. The lowest BCUT2D eigenvalue weighted by Gasteiger charge is -2.33. The molecule has 1 N–H and O–H groups in total. The molecule has 2 aromatic rings. The van der Waals surface area contributed by atoms with Crippen molar-refractivity contribution in [2.45, 2.75) is 10.1 Å². The maximum absolute atomic E-state index is 14.6. The first kappa shape index (κ1) is 20.4. The van der Waals surface area contributed by atoms with Crippen LogP contribution in [0.3, 0.4) is 0 Å². The van der Waals surface area contributed by atoms with Gasteiger partial charge in [-0.3, -0.25) is 0 Å². The zero-order chi connectivity index (χ0) is 19.6. The maximum Gasteiger partial charge on any atom is 0.186 e. The fourth-order valence-corrected chi connectivity index (χ4v) is 6.24. The largest absolute Gasteiger partial charge is 0.490 e. The van der Waals surface area contributed by atoms with Crippen molar-refractivity contribution in [1.29, 1.82) is 0 Å². The number of sulfone groups is 1. The molecule has 0 saturated heterocycles. The Morgan fingerprint density at radius 1 is 1.15 bits per heavy atom. The summed E-state index contributed by atoms with van der Waals surface area (Å²) in [6, 6.07) is 7.40. The number of aliphatic hydroxyl groups is 1. The van der Waals surface area contributed by atoms with E-state index in [1.54, 1.807) is 0 Å². The molecule has 2 unspecified atom stereocenters. The third kappa shape index (κ3) is 4.08. The average Bonchev–Trinajstić information content (AvgIpc) is 2.65. The van der Waals surface area contributed by atoms with Crippen molar-refractivity contribution in [3.63, 3.8) is 0 Å². The Balaban J connectivity index is 2.11. The van der Waals surface area contributed by atoms with Crippen LogP contribution in [-0.4, -0.2) is 38.2 Å². The number of halogens is 3. The van der Waals surface area contributed by atoms with Crippen molar-refractivity contribution in [2.24, 2.45) is 5.92 Å². The minimum absolute atomic E-state index is 0.0226. The molecule has 0 aromatic heterocycles. The predicted molar refractivity (Wildman–Crippen MR) is 101 cm³/mol. The van der Waals surface area contributed by atoms with Crippen molar-refractivity contribution >= 4 is 33.2 Å². The maximum atomic E-state index is 14.6. The second kappa shape index (κ2) is 8.34. The van der Waals surface area contributed by atoms with Gasteiger partial charge in [-0.1, -0.05) is 11.6 Å². The molecule has 1 aliphatic heterocycles. The lowest BCUT2D eigenvalue weighted by molar-refractivity contribution is 0.215. The van der Waals surface area contributed by atoms with Crippen LogP contribution < -0.4 is 4.74 Å². The van der Waals surface area contributed by atoms with Crippen molar-refractivity contribution in [3.8, 4) is 5.75 Å². The molecule has 2 atom stereocenters. The van der Waals surface area contributed by atoms with Gasteiger partial charge in [0.05, 0.1) is 23.7 Å². The summed E-state index contributed by atoms with van der Waals surface area (Å²) >= 11 is 7.17. The van der Waals surface area contributed by atoms with E-state index in [0.717, 1.165) is 12.1 Å². The quantitative estimate of drug-likeness (QED) is 0.699. The van der Waals surface area contributed by atoms with E-state index in [1.165, 1.54) is 36.0 Å². The van der Waals surface area contributed by atoms with Gasteiger partial charge >= 0.3 is 0 Å². The number of fused-ring (bicyclic) bond motifs is 1. The SMILES string of the molecule is O=S(=O)(c1ccc(Cl)cc1)C1c2c(F)ccc(F)c2OCC1CSCCO. The molecule has 0 spiro atoms. The van der Waals surface area contributed by atoms with E-state index in [-0.39, 0.29) is 29.4 Å². The van der Waals surface area contributed by atoms with E-state index in [4.69, 9.17) is 21.4 Å². The molecule has 0 saturated carbocycles. The third-order valence-corrected chi connectivity index (χ3v) is 7.90. The Morgan fingerprint density at radius 3 is 2.48 bits per heavy atom. The van der Waals surface area contributed by atoms with Crippen LogP contribution in [0.1, 0.15) is 10.8 Å². The fourth-order valence-electron chi connectivity index (χ4n) is 3.09. The molecule has 2 aromatic carbocycles. The average molecular weight is 435 g/mol. The van der Waals surface area contributed by atoms with E-state index in [2.05, 4.69) is 0 Å². The summed E-state index contributed by atoms with van der Waals surface area (Å²) in [7, 11) is -4.04. The predicted octanol–water partition coefficient (Wildman–Crippen LogP) is 3.87. The highest BCUT2D eigenvalue weighted by molar-refractivity contribution is 7.99. The van der Waals surface area contributed by atoms with Crippen molar-refractivity contribution < 1.29 is 27.0 Å². The molecule has 0 radical (unpaired) electrons. The summed E-state index contributed by atoms with van der Waals surface area (Å²) in [5.74, 6) is -1.88. The summed E-state index contributed by atoms with van der Waals surface area (Å²) < 4.78 is 60.8. The van der Waals surface area contributed by atoms with Crippen LogP contribution in [0.2, 0.25) is 5.02 Å². The molecule has 27 heavy (non-hydrogen) atoms. The molecule has 0 amide bonds. The lowest BCUT2D eigenvalue weighted by Crippen LogP contribution is -2.34. The van der Waals surface area contributed by atoms with Crippen LogP contribution in [0.25, 0.3) is 0 Å². The highest BCUT2D eigenvalue weighted by atomic mass is 35.5. The second-order valence-corrected chi connectivity index (χ2v) is 9.72. The zero-order valence-electron chi connectivity index (χ0n) is 14.1. The number of aliphatic hydroxyl groups excluding tert-OH is 1. The summed E-state index contributed by atoms with van der Waals surface area (Å²) in [6.07, 6.45) is 0. The first-order valence-corrected chi connectivity index (χ1v) is 11.2. The van der Waals surface area contributed by atoms with Crippen LogP contribution in [0.4, 0.5) is 8.78 Å². The zero-order valence-corrected chi connectivity index (χ0v) is 16.5. The summed E-state index contributed by atoms with van der Waals surface area (Å²) in [5.41, 5.74) is -0.286. The van der Waals surface area contributed by atoms with Crippen LogP contribution >= 0.6 is 23.4 Å². The molecule has 146 valence electrons. The van der Waals surface area contributed by atoms with Gasteiger partial charge in [0.1, 0.15) is 11.1 Å². The first-order valence-electron chi connectivity index (χ1n) is 8.15. The Kier molecular flexibility index (Phi) is 6.30. The number of rotatable bonds is 6. The van der Waals surface area contributed by atoms with Crippen molar-refractivity contribution in [2.75, 3.05) is 24.7 Å². The lowest BCUT2D eigenvalue weighted by atomic mass is 9.96. The van der Waals surface area contributed by atoms with E-state index in [9.17, 15) is 17.2 Å². The summed E-state index contributed by atoms with van der Waals surface area (Å²) in [5, 5.41) is 8.04. The minimum Gasteiger partial charge on any atom is -0.490 e. The van der Waals surface area contributed by atoms with E-state index >= 15 is 0 Å². The van der Waals surface area contributed by atoms with Crippen LogP contribution in [0.15, 0.2) is 41.3 Å². The van der Waals surface area contributed by atoms with E-state index in [0.29, 0.717) is 16.5 Å². The monoisotopic (exact) mass is 434 g/mol. The highest BCUT2D eigenvalue weighted by Gasteiger charge is 2.43. The number of hydrogen-bond donors (Lipinski definition) is 1. The van der Waals surface area contributed by atoms with Crippen molar-refractivity contribution in [1.82, 2.24) is 0 Å². The highest BCUT2D eigenvalue weighted by Crippen LogP contribution is 2.46. The number of benzene rings is 2. The topological polar surface area (TPSA) is 63.6 Å². The Hall–Kier alpha value is -1.35. The first-order chi connectivity index (χ1) is 12.9. The van der Waals surface area contributed by atoms with Crippen molar-refractivity contribution in [3.05, 3.63) is 58.6 Å². The molecule has 0 aliphatic carbocycles. The smallest absolute Gasteiger partial charge is 0.186 e. The molecule has 1 heterocycles. The standard InChI is InChI=1S/C18H17ClF2O4S2/c19-12-1-3-13(4-2-12)27(23,24)18-11(10-26-8-7-22)9-25-17-15(21)6-5-14(20)16(17)18/h1-6,11,18,22H,7-10H2. The van der Waals surface area contributed by atoms with Gasteiger partial charge in [0.25, 0.3) is 0 Å². The van der Waals surface area contributed by atoms with Gasteiger partial charge in [-0.2, -0.15) is 11.8 Å². The van der Waals surface area contributed by atoms with Gasteiger partial charge in [-0.15, -0.1) is 0 Å². The number of hydrogen-bond acceptors (Lipinski definition) is 5. The Labute approximate surface area is 165 Å². The summed E-state index contributed by atoms with van der Waals surface area (Å²) in [6.45, 7) is -0.129. The molecular formula is C18H17ClF2O4S2. The molecule has 1 aliphatic rings. The van der Waals surface area contributed by atoms with E-state index in [1.807, 2.05) is 0 Å². The van der Waals surface area contributed by atoms with Gasteiger partial charge in [0.15, 0.2) is 21.4 Å². The molecule has 0 fully saturated rings. The van der Waals surface area contributed by atoms with Gasteiger partial charge < -0.3 is 9.84 Å². The van der Waals surface area contributed by atoms with Gasteiger partial charge in [-0.05, 0) is 36.4 Å². The van der Waals surface area contributed by atoms with Gasteiger partial charge in [-0.25, -0.2) is 17.2 Å². The van der Waals surface area contributed by atoms with Crippen LogP contribution in [-0.2, 0) is 9.84 Å². The Bertz CT molecular complexity index is 920. The van der Waals surface area contributed by atoms with Gasteiger partial charge in [0, 0.05) is 22.4 Å². The normalized spacial score (nSPS) is 19.4. The minimum atomic E-state index is -4.04.